The van der Waals surface area contributed by atoms with Crippen molar-refractivity contribution in [1.29, 1.82) is 0 Å². The second-order valence-corrected chi connectivity index (χ2v) is 2.40. The van der Waals surface area contributed by atoms with Crippen LogP contribution in [-0.2, 0) is 11.8 Å². The van der Waals surface area contributed by atoms with Crippen LogP contribution in [0.25, 0.3) is 0 Å². The lowest BCUT2D eigenvalue weighted by Crippen LogP contribution is -1.80. The minimum Gasteiger partial charge on any atom is -0.357 e. The summed E-state index contributed by atoms with van der Waals surface area (Å²) in [6, 6.07) is 4.00. The van der Waals surface area contributed by atoms with Gasteiger partial charge in [-0.25, -0.2) is 0 Å². The molecule has 2 heteroatoms. The van der Waals surface area contributed by atoms with Crippen LogP contribution in [0.15, 0.2) is 24.5 Å². The van der Waals surface area contributed by atoms with Crippen LogP contribution in [0.2, 0.25) is 0 Å². The van der Waals surface area contributed by atoms with Crippen molar-refractivity contribution >= 4 is 5.78 Å². The maximum Gasteiger partial charge on any atom is 0.129 e. The normalized spacial score (nSPS) is 8.27. The molecule has 11 heavy (non-hydrogen) atoms. The number of aromatic nitrogens is 1. The zero-order valence-corrected chi connectivity index (χ0v) is 7.37. The highest BCUT2D eigenvalue weighted by Gasteiger charge is 1.76. The number of Topliss-reactive ketones (excluding diaryl/α,β-unsaturated/α-hetero) is 1. The van der Waals surface area contributed by atoms with E-state index in [1.165, 1.54) is 0 Å². The van der Waals surface area contributed by atoms with Gasteiger partial charge >= 0.3 is 0 Å². The van der Waals surface area contributed by atoms with E-state index in [0.717, 1.165) is 0 Å². The SMILES string of the molecule is CCC(C)=O.Cn1cccc1. The number of carbonyl (C=O) groups is 1. The van der Waals surface area contributed by atoms with Gasteiger partial charge in [-0.2, -0.15) is 0 Å². The van der Waals surface area contributed by atoms with Gasteiger partial charge in [0.05, 0.1) is 0 Å². The lowest BCUT2D eigenvalue weighted by atomic mass is 10.4. The van der Waals surface area contributed by atoms with Gasteiger partial charge in [-0.3, -0.25) is 0 Å². The van der Waals surface area contributed by atoms with E-state index in [9.17, 15) is 4.79 Å². The first kappa shape index (κ1) is 9.95. The Morgan fingerprint density at radius 2 is 1.73 bits per heavy atom. The van der Waals surface area contributed by atoms with Crippen molar-refractivity contribution in [2.75, 3.05) is 0 Å². The second-order valence-electron chi connectivity index (χ2n) is 2.40. The van der Waals surface area contributed by atoms with Crippen LogP contribution < -0.4 is 0 Å². The Morgan fingerprint density at radius 1 is 1.36 bits per heavy atom. The van der Waals surface area contributed by atoms with Crippen LogP contribution in [0, 0.1) is 0 Å². The summed E-state index contributed by atoms with van der Waals surface area (Å²) in [7, 11) is 2.00. The van der Waals surface area contributed by atoms with Crippen LogP contribution >= 0.6 is 0 Å². The molecule has 1 aromatic rings. The Labute approximate surface area is 67.8 Å². The first-order chi connectivity index (χ1) is 5.16. The van der Waals surface area contributed by atoms with Crippen molar-refractivity contribution in [1.82, 2.24) is 4.57 Å². The van der Waals surface area contributed by atoms with Gasteiger partial charge in [0.15, 0.2) is 0 Å². The summed E-state index contributed by atoms with van der Waals surface area (Å²) in [6.07, 6.45) is 4.67. The van der Waals surface area contributed by atoms with E-state index < -0.39 is 0 Å². The van der Waals surface area contributed by atoms with Crippen molar-refractivity contribution in [2.45, 2.75) is 20.3 Å². The number of ketones is 1. The fraction of sp³-hybridized carbons (Fsp3) is 0.444. The van der Waals surface area contributed by atoms with Crippen molar-refractivity contribution in [3.8, 4) is 0 Å². The summed E-state index contributed by atoms with van der Waals surface area (Å²) in [5, 5.41) is 0. The molecule has 0 aliphatic carbocycles. The highest BCUT2D eigenvalue weighted by Crippen LogP contribution is 1.80. The highest BCUT2D eigenvalue weighted by atomic mass is 16.1. The summed E-state index contributed by atoms with van der Waals surface area (Å²) in [5.41, 5.74) is 0. The average molecular weight is 153 g/mol. The zero-order valence-electron chi connectivity index (χ0n) is 7.37. The van der Waals surface area contributed by atoms with E-state index >= 15 is 0 Å². The molecule has 0 atom stereocenters. The van der Waals surface area contributed by atoms with Crippen molar-refractivity contribution in [3.05, 3.63) is 24.5 Å². The highest BCUT2D eigenvalue weighted by molar-refractivity contribution is 5.74. The number of hydrogen-bond donors (Lipinski definition) is 0. The fourth-order valence-electron chi connectivity index (χ4n) is 0.421. The number of rotatable bonds is 1. The molecule has 1 rings (SSSR count). The molecule has 62 valence electrons. The maximum atomic E-state index is 9.81. The first-order valence-electron chi connectivity index (χ1n) is 3.73. The van der Waals surface area contributed by atoms with Gasteiger partial charge < -0.3 is 9.36 Å². The summed E-state index contributed by atoms with van der Waals surface area (Å²) in [6.45, 7) is 3.43. The van der Waals surface area contributed by atoms with E-state index in [2.05, 4.69) is 0 Å². The Balaban J connectivity index is 0.000000187. The predicted octanol–water partition coefficient (Wildman–Crippen LogP) is 2.01. The van der Waals surface area contributed by atoms with Gasteiger partial charge in [0, 0.05) is 25.9 Å². The van der Waals surface area contributed by atoms with Crippen molar-refractivity contribution in [2.24, 2.45) is 7.05 Å². The fourth-order valence-corrected chi connectivity index (χ4v) is 0.421. The molecule has 0 fully saturated rings. The molecular formula is C9H15NO. The topological polar surface area (TPSA) is 22.0 Å². The van der Waals surface area contributed by atoms with Crippen molar-refractivity contribution < 1.29 is 4.79 Å². The van der Waals surface area contributed by atoms with Crippen molar-refractivity contribution in [3.63, 3.8) is 0 Å². The molecule has 0 aromatic carbocycles. The van der Waals surface area contributed by atoms with E-state index in [1.807, 2.05) is 43.1 Å². The Morgan fingerprint density at radius 3 is 1.82 bits per heavy atom. The third-order valence-corrected chi connectivity index (χ3v) is 1.25. The number of aryl methyl sites for hydroxylation is 1. The summed E-state index contributed by atoms with van der Waals surface area (Å²) >= 11 is 0. The zero-order chi connectivity index (χ0) is 8.69. The van der Waals surface area contributed by atoms with E-state index in [4.69, 9.17) is 0 Å². The molecule has 0 saturated carbocycles. The molecule has 0 aliphatic rings. The summed E-state index contributed by atoms with van der Waals surface area (Å²) < 4.78 is 2.00. The van der Waals surface area contributed by atoms with Gasteiger partial charge in [-0.15, -0.1) is 0 Å². The summed E-state index contributed by atoms with van der Waals surface area (Å²) in [5.74, 6) is 0.255. The lowest BCUT2D eigenvalue weighted by molar-refractivity contribution is -0.116. The molecule has 0 spiro atoms. The molecular weight excluding hydrogens is 138 g/mol. The molecule has 1 heterocycles. The Hall–Kier alpha value is -1.05. The monoisotopic (exact) mass is 153 g/mol. The standard InChI is InChI=1S/C5H7N.C4H8O/c1-6-4-2-3-5-6;1-3-4(2)5/h2-5H,1H3;3H2,1-2H3. The van der Waals surface area contributed by atoms with E-state index in [0.29, 0.717) is 6.42 Å². The van der Waals surface area contributed by atoms with Crippen LogP contribution in [0.1, 0.15) is 20.3 Å². The molecule has 0 unspecified atom stereocenters. The average Bonchev–Trinajstić information content (AvgIpc) is 2.41. The van der Waals surface area contributed by atoms with Crippen LogP contribution in [-0.4, -0.2) is 10.4 Å². The lowest BCUT2D eigenvalue weighted by Gasteiger charge is -1.79. The molecule has 0 radical (unpaired) electrons. The van der Waals surface area contributed by atoms with E-state index in [1.54, 1.807) is 6.92 Å². The molecule has 2 nitrogen and oxygen atoms in total. The molecule has 0 bridgehead atoms. The predicted molar refractivity (Wildman–Crippen MR) is 46.4 cm³/mol. The van der Waals surface area contributed by atoms with Gasteiger partial charge in [0.25, 0.3) is 0 Å². The third-order valence-electron chi connectivity index (χ3n) is 1.25. The molecule has 0 N–H and O–H groups in total. The molecule has 0 aliphatic heterocycles. The molecule has 0 saturated heterocycles. The van der Waals surface area contributed by atoms with Gasteiger partial charge in [0.1, 0.15) is 5.78 Å². The molecule has 0 amide bonds. The quantitative estimate of drug-likeness (QED) is 0.605. The smallest absolute Gasteiger partial charge is 0.129 e. The van der Waals surface area contributed by atoms with Crippen LogP contribution in [0.5, 0.6) is 0 Å². The Kier molecular flexibility index (Phi) is 5.17. The number of nitrogens with zero attached hydrogens (tertiary/aromatic N) is 1. The largest absolute Gasteiger partial charge is 0.357 e. The van der Waals surface area contributed by atoms with E-state index in [-0.39, 0.29) is 5.78 Å². The maximum absolute atomic E-state index is 9.81. The van der Waals surface area contributed by atoms with Gasteiger partial charge in [-0.1, -0.05) is 6.92 Å². The van der Waals surface area contributed by atoms with Gasteiger partial charge in [0.2, 0.25) is 0 Å². The number of hydrogen-bond acceptors (Lipinski definition) is 1. The molecule has 1 aromatic heterocycles. The first-order valence-corrected chi connectivity index (χ1v) is 3.73. The number of carbonyl (C=O) groups excluding carboxylic acids is 1. The van der Waals surface area contributed by atoms with Crippen LogP contribution in [0.3, 0.4) is 0 Å². The third kappa shape index (κ3) is 6.84. The minimum absolute atomic E-state index is 0.255. The second kappa shape index (κ2) is 5.71. The minimum atomic E-state index is 0.255. The van der Waals surface area contributed by atoms with Gasteiger partial charge in [-0.05, 0) is 19.1 Å². The Bertz CT molecular complexity index is 189. The summed E-state index contributed by atoms with van der Waals surface area (Å²) in [4.78, 5) is 9.81. The van der Waals surface area contributed by atoms with Crippen LogP contribution in [0.4, 0.5) is 0 Å².